The minimum atomic E-state index is 0.131. The molecule has 1 aliphatic heterocycles. The molecule has 82 valence electrons. The zero-order valence-electron chi connectivity index (χ0n) is 9.08. The van der Waals surface area contributed by atoms with Crippen LogP contribution in [0.25, 0.3) is 0 Å². The molecule has 1 fully saturated rings. The van der Waals surface area contributed by atoms with Crippen LogP contribution in [0.2, 0.25) is 0 Å². The molecule has 2 aliphatic rings. The van der Waals surface area contributed by atoms with E-state index >= 15 is 0 Å². The summed E-state index contributed by atoms with van der Waals surface area (Å²) in [6, 6.07) is 0. The van der Waals surface area contributed by atoms with E-state index < -0.39 is 0 Å². The molecule has 0 unspecified atom stereocenters. The van der Waals surface area contributed by atoms with Gasteiger partial charge in [-0.1, -0.05) is 0 Å². The van der Waals surface area contributed by atoms with Crippen molar-refractivity contribution in [2.24, 2.45) is 5.73 Å². The molecular formula is C11H18N4. The van der Waals surface area contributed by atoms with Gasteiger partial charge in [0, 0.05) is 24.9 Å². The van der Waals surface area contributed by atoms with Gasteiger partial charge in [0.1, 0.15) is 5.82 Å². The van der Waals surface area contributed by atoms with Crippen LogP contribution in [0, 0.1) is 0 Å². The second-order valence-corrected chi connectivity index (χ2v) is 4.99. The van der Waals surface area contributed by atoms with E-state index in [0.717, 1.165) is 31.6 Å². The molecule has 0 spiro atoms. The smallest absolute Gasteiger partial charge is 0.151 e. The van der Waals surface area contributed by atoms with Gasteiger partial charge in [0.05, 0.1) is 0 Å². The summed E-state index contributed by atoms with van der Waals surface area (Å²) in [7, 11) is 0. The molecule has 0 bridgehead atoms. The zero-order chi connectivity index (χ0) is 10.3. The molecule has 0 radical (unpaired) electrons. The number of fused-ring (bicyclic) bond motifs is 1. The van der Waals surface area contributed by atoms with E-state index in [2.05, 4.69) is 14.8 Å². The molecule has 4 nitrogen and oxygen atoms in total. The summed E-state index contributed by atoms with van der Waals surface area (Å²) in [5, 5.41) is 4.53. The van der Waals surface area contributed by atoms with Crippen molar-refractivity contribution in [1.82, 2.24) is 14.8 Å². The fourth-order valence-corrected chi connectivity index (χ4v) is 2.21. The van der Waals surface area contributed by atoms with Crippen LogP contribution >= 0.6 is 0 Å². The van der Waals surface area contributed by atoms with E-state index in [1.54, 1.807) is 0 Å². The number of rotatable bonds is 3. The Balaban J connectivity index is 1.67. The average Bonchev–Trinajstić information content (AvgIpc) is 2.83. The number of nitrogens with two attached hydrogens (primary N) is 1. The first kappa shape index (κ1) is 9.33. The number of aryl methyl sites for hydroxylation is 3. The average molecular weight is 206 g/mol. The highest BCUT2D eigenvalue weighted by molar-refractivity contribution is 5.02. The quantitative estimate of drug-likeness (QED) is 0.804. The summed E-state index contributed by atoms with van der Waals surface area (Å²) >= 11 is 0. The first-order valence-electron chi connectivity index (χ1n) is 5.97. The molecule has 2 N–H and O–H groups in total. The maximum Gasteiger partial charge on any atom is 0.151 e. The Morgan fingerprint density at radius 1 is 1.33 bits per heavy atom. The molecule has 0 aromatic carbocycles. The molecule has 0 atom stereocenters. The van der Waals surface area contributed by atoms with E-state index in [1.807, 2.05) is 0 Å². The topological polar surface area (TPSA) is 56.7 Å². The van der Waals surface area contributed by atoms with Crippen molar-refractivity contribution < 1.29 is 0 Å². The van der Waals surface area contributed by atoms with Gasteiger partial charge in [-0.05, 0) is 32.1 Å². The molecule has 15 heavy (non-hydrogen) atoms. The Kier molecular flexibility index (Phi) is 2.06. The molecule has 1 aromatic heterocycles. The van der Waals surface area contributed by atoms with Gasteiger partial charge in [0.15, 0.2) is 5.82 Å². The highest BCUT2D eigenvalue weighted by Gasteiger charge is 2.37. The van der Waals surface area contributed by atoms with E-state index in [1.165, 1.54) is 31.5 Å². The van der Waals surface area contributed by atoms with Crippen LogP contribution in [0.1, 0.15) is 43.8 Å². The Bertz CT molecular complexity index is 341. The first-order chi connectivity index (χ1) is 7.25. The first-order valence-corrected chi connectivity index (χ1v) is 5.97. The summed E-state index contributed by atoms with van der Waals surface area (Å²) in [5.74, 6) is 2.18. The van der Waals surface area contributed by atoms with Crippen LogP contribution < -0.4 is 5.73 Å². The zero-order valence-corrected chi connectivity index (χ0v) is 9.08. The molecular weight excluding hydrogens is 188 g/mol. The van der Waals surface area contributed by atoms with Crippen molar-refractivity contribution in [3.63, 3.8) is 0 Å². The lowest BCUT2D eigenvalue weighted by atomic mass is 10.1. The third kappa shape index (κ3) is 1.91. The molecule has 3 rings (SSSR count). The lowest BCUT2D eigenvalue weighted by molar-refractivity contribution is 0.477. The van der Waals surface area contributed by atoms with Crippen molar-refractivity contribution in [3.8, 4) is 0 Å². The summed E-state index contributed by atoms with van der Waals surface area (Å²) in [5.41, 5.74) is 6.19. The Hall–Kier alpha value is -0.900. The maximum absolute atomic E-state index is 6.05. The highest BCUT2D eigenvalue weighted by atomic mass is 15.3. The summed E-state index contributed by atoms with van der Waals surface area (Å²) < 4.78 is 2.08. The molecule has 2 heterocycles. The summed E-state index contributed by atoms with van der Waals surface area (Å²) in [4.78, 5) is 4.58. The van der Waals surface area contributed by atoms with Crippen molar-refractivity contribution in [2.75, 3.05) is 0 Å². The van der Waals surface area contributed by atoms with Crippen LogP contribution in [-0.2, 0) is 19.4 Å². The minimum Gasteiger partial charge on any atom is -0.325 e. The molecule has 4 heteroatoms. The molecule has 0 saturated heterocycles. The van der Waals surface area contributed by atoms with E-state index in [0.29, 0.717) is 0 Å². The third-order valence-corrected chi connectivity index (χ3v) is 3.55. The second-order valence-electron chi connectivity index (χ2n) is 4.99. The van der Waals surface area contributed by atoms with Crippen LogP contribution in [-0.4, -0.2) is 20.3 Å². The normalized spacial score (nSPS) is 22.5. The maximum atomic E-state index is 6.05. The van der Waals surface area contributed by atoms with Crippen LogP contribution in [0.4, 0.5) is 0 Å². The van der Waals surface area contributed by atoms with Gasteiger partial charge in [-0.3, -0.25) is 0 Å². The fourth-order valence-electron chi connectivity index (χ4n) is 2.21. The van der Waals surface area contributed by atoms with Gasteiger partial charge in [-0.2, -0.15) is 5.10 Å². The van der Waals surface area contributed by atoms with Crippen LogP contribution in [0.5, 0.6) is 0 Å². The summed E-state index contributed by atoms with van der Waals surface area (Å²) in [6.07, 6.45) is 7.98. The Morgan fingerprint density at radius 3 is 2.93 bits per heavy atom. The number of aromatic nitrogens is 3. The molecule has 0 amide bonds. The van der Waals surface area contributed by atoms with Gasteiger partial charge in [0.2, 0.25) is 0 Å². The predicted molar refractivity (Wildman–Crippen MR) is 57.4 cm³/mol. The number of nitrogens with zero attached hydrogens (tertiary/aromatic N) is 3. The van der Waals surface area contributed by atoms with Gasteiger partial charge < -0.3 is 5.73 Å². The largest absolute Gasteiger partial charge is 0.325 e. The van der Waals surface area contributed by atoms with E-state index in [-0.39, 0.29) is 5.54 Å². The molecule has 1 aliphatic carbocycles. The van der Waals surface area contributed by atoms with Gasteiger partial charge >= 0.3 is 0 Å². The van der Waals surface area contributed by atoms with Crippen molar-refractivity contribution in [2.45, 2.75) is 57.0 Å². The Morgan fingerprint density at radius 2 is 2.20 bits per heavy atom. The van der Waals surface area contributed by atoms with Crippen molar-refractivity contribution >= 4 is 0 Å². The van der Waals surface area contributed by atoms with Gasteiger partial charge in [0.25, 0.3) is 0 Å². The van der Waals surface area contributed by atoms with E-state index in [4.69, 9.17) is 5.73 Å². The summed E-state index contributed by atoms with van der Waals surface area (Å²) in [6.45, 7) is 1.05. The molecule has 1 saturated carbocycles. The predicted octanol–water partition coefficient (Wildman–Crippen LogP) is 1.04. The van der Waals surface area contributed by atoms with Gasteiger partial charge in [-0.25, -0.2) is 9.67 Å². The van der Waals surface area contributed by atoms with Crippen molar-refractivity contribution in [1.29, 1.82) is 0 Å². The molecule has 1 aromatic rings. The van der Waals surface area contributed by atoms with Crippen LogP contribution in [0.15, 0.2) is 0 Å². The monoisotopic (exact) mass is 206 g/mol. The van der Waals surface area contributed by atoms with E-state index in [9.17, 15) is 0 Å². The SMILES string of the molecule is NC1(CCc2nc3n(n2)CCCC3)CC1. The highest BCUT2D eigenvalue weighted by Crippen LogP contribution is 2.36. The Labute approximate surface area is 89.9 Å². The third-order valence-electron chi connectivity index (χ3n) is 3.55. The number of hydrogen-bond acceptors (Lipinski definition) is 3. The number of hydrogen-bond donors (Lipinski definition) is 1. The minimum absolute atomic E-state index is 0.131. The second kappa shape index (κ2) is 3.30. The van der Waals surface area contributed by atoms with Gasteiger partial charge in [-0.15, -0.1) is 0 Å². The lowest BCUT2D eigenvalue weighted by Crippen LogP contribution is -2.22. The van der Waals surface area contributed by atoms with Crippen molar-refractivity contribution in [3.05, 3.63) is 11.6 Å². The standard InChI is InChI=1S/C11H18N4/c12-11(6-7-11)5-4-9-13-10-3-1-2-8-15(10)14-9/h1-8,12H2. The lowest BCUT2D eigenvalue weighted by Gasteiger charge is -2.09. The fraction of sp³-hybridized carbons (Fsp3) is 0.818. The van der Waals surface area contributed by atoms with Crippen LogP contribution in [0.3, 0.4) is 0 Å².